The van der Waals surface area contributed by atoms with Gasteiger partial charge in [-0.25, -0.2) is 9.97 Å². The molecule has 0 saturated carbocycles. The molecule has 0 aliphatic carbocycles. The number of aliphatic hydroxyl groups is 1. The van der Waals surface area contributed by atoms with Crippen LogP contribution in [-0.4, -0.2) is 47.0 Å². The van der Waals surface area contributed by atoms with Gasteiger partial charge in [0, 0.05) is 6.54 Å². The molecule has 2 aromatic rings. The van der Waals surface area contributed by atoms with Crippen LogP contribution in [0.5, 0.6) is 0 Å². The maximum Gasteiger partial charge on any atom is 0.141 e. The van der Waals surface area contributed by atoms with Crippen molar-refractivity contribution in [3.63, 3.8) is 0 Å². The summed E-state index contributed by atoms with van der Waals surface area (Å²) < 4.78 is 5.53. The molecule has 1 saturated heterocycles. The van der Waals surface area contributed by atoms with Crippen LogP contribution in [0.3, 0.4) is 0 Å². The maximum atomic E-state index is 9.63. The second kappa shape index (κ2) is 5.40. The first-order valence-electron chi connectivity index (χ1n) is 6.46. The van der Waals surface area contributed by atoms with Crippen LogP contribution >= 0.6 is 11.3 Å². The van der Waals surface area contributed by atoms with E-state index in [-0.39, 0.29) is 12.1 Å². The van der Waals surface area contributed by atoms with Crippen LogP contribution < -0.4 is 4.90 Å². The fourth-order valence-electron chi connectivity index (χ4n) is 2.53. The van der Waals surface area contributed by atoms with E-state index in [9.17, 15) is 5.11 Å². The number of ether oxygens (including phenoxy) is 1. The first-order valence-corrected chi connectivity index (χ1v) is 7.34. The average Bonchev–Trinajstić information content (AvgIpc) is 2.87. The van der Waals surface area contributed by atoms with Gasteiger partial charge in [0.25, 0.3) is 0 Å². The first-order chi connectivity index (χ1) is 9.25. The largest absolute Gasteiger partial charge is 0.393 e. The molecule has 2 aromatic heterocycles. The molecular weight excluding hydrogens is 262 g/mol. The van der Waals surface area contributed by atoms with E-state index in [0.29, 0.717) is 19.6 Å². The Morgan fingerprint density at radius 1 is 1.58 bits per heavy atom. The Morgan fingerprint density at radius 2 is 2.47 bits per heavy atom. The number of rotatable bonds is 3. The Balaban J connectivity index is 1.95. The third kappa shape index (κ3) is 2.56. The normalized spacial score (nSPS) is 21.8. The minimum Gasteiger partial charge on any atom is -0.393 e. The summed E-state index contributed by atoms with van der Waals surface area (Å²) in [4.78, 5) is 12.0. The third-order valence-corrected chi connectivity index (χ3v) is 4.17. The summed E-state index contributed by atoms with van der Waals surface area (Å²) in [5, 5.41) is 12.8. The van der Waals surface area contributed by atoms with Crippen molar-refractivity contribution in [2.45, 2.75) is 25.5 Å². The SMILES string of the molecule is CC(O)CC1COCCN1c1ncnc2sccc12. The molecule has 3 heterocycles. The van der Waals surface area contributed by atoms with Gasteiger partial charge in [-0.05, 0) is 24.8 Å². The van der Waals surface area contributed by atoms with Gasteiger partial charge in [0.2, 0.25) is 0 Å². The molecular formula is C13H17N3O2S. The van der Waals surface area contributed by atoms with Crippen LogP contribution in [0.1, 0.15) is 13.3 Å². The van der Waals surface area contributed by atoms with Crippen molar-refractivity contribution in [3.05, 3.63) is 17.8 Å². The van der Waals surface area contributed by atoms with Crippen molar-refractivity contribution in [1.82, 2.24) is 9.97 Å². The van der Waals surface area contributed by atoms with E-state index >= 15 is 0 Å². The Morgan fingerprint density at radius 3 is 3.32 bits per heavy atom. The number of aliphatic hydroxyl groups excluding tert-OH is 1. The molecule has 0 bridgehead atoms. The number of morpholine rings is 1. The molecule has 2 atom stereocenters. The Kier molecular flexibility index (Phi) is 3.63. The molecule has 19 heavy (non-hydrogen) atoms. The second-order valence-electron chi connectivity index (χ2n) is 4.84. The molecule has 0 amide bonds. The first kappa shape index (κ1) is 12.8. The van der Waals surface area contributed by atoms with Gasteiger partial charge in [0.1, 0.15) is 17.0 Å². The van der Waals surface area contributed by atoms with E-state index in [4.69, 9.17) is 4.74 Å². The predicted octanol–water partition coefficient (Wildman–Crippen LogP) is 1.67. The Bertz CT molecular complexity index is 558. The Hall–Kier alpha value is -1.24. The lowest BCUT2D eigenvalue weighted by molar-refractivity contribution is 0.0719. The van der Waals surface area contributed by atoms with E-state index in [1.807, 2.05) is 12.3 Å². The van der Waals surface area contributed by atoms with E-state index in [0.717, 1.165) is 22.6 Å². The molecule has 1 aliphatic rings. The van der Waals surface area contributed by atoms with Crippen LogP contribution in [0.2, 0.25) is 0 Å². The van der Waals surface area contributed by atoms with Gasteiger partial charge in [-0.1, -0.05) is 0 Å². The number of hydrogen-bond acceptors (Lipinski definition) is 6. The van der Waals surface area contributed by atoms with Crippen molar-refractivity contribution in [2.24, 2.45) is 0 Å². The highest BCUT2D eigenvalue weighted by Gasteiger charge is 2.26. The summed E-state index contributed by atoms with van der Waals surface area (Å²) in [6.07, 6.45) is 1.97. The zero-order valence-corrected chi connectivity index (χ0v) is 11.6. The highest BCUT2D eigenvalue weighted by molar-refractivity contribution is 7.16. The molecule has 5 nitrogen and oxygen atoms in total. The molecule has 1 N–H and O–H groups in total. The highest BCUT2D eigenvalue weighted by atomic mass is 32.1. The lowest BCUT2D eigenvalue weighted by Gasteiger charge is -2.37. The van der Waals surface area contributed by atoms with Gasteiger partial charge in [-0.15, -0.1) is 11.3 Å². The fourth-order valence-corrected chi connectivity index (χ4v) is 3.26. The minimum absolute atomic E-state index is 0.173. The zero-order valence-electron chi connectivity index (χ0n) is 10.8. The molecule has 1 fully saturated rings. The van der Waals surface area contributed by atoms with Gasteiger partial charge in [0.05, 0.1) is 30.7 Å². The molecule has 0 spiro atoms. The minimum atomic E-state index is -0.339. The number of anilines is 1. The van der Waals surface area contributed by atoms with E-state index in [2.05, 4.69) is 20.9 Å². The summed E-state index contributed by atoms with van der Waals surface area (Å²) in [6.45, 7) is 3.96. The van der Waals surface area contributed by atoms with Gasteiger partial charge in [-0.2, -0.15) is 0 Å². The molecule has 1 aliphatic heterocycles. The van der Waals surface area contributed by atoms with Crippen LogP contribution in [0.15, 0.2) is 17.8 Å². The van der Waals surface area contributed by atoms with Crippen LogP contribution in [-0.2, 0) is 4.74 Å². The van der Waals surface area contributed by atoms with Crippen LogP contribution in [0.4, 0.5) is 5.82 Å². The molecule has 6 heteroatoms. The number of hydrogen-bond donors (Lipinski definition) is 1. The van der Waals surface area contributed by atoms with E-state index in [1.54, 1.807) is 17.7 Å². The number of thiophene rings is 1. The summed E-state index contributed by atoms with van der Waals surface area (Å²) in [7, 11) is 0. The molecule has 2 unspecified atom stereocenters. The predicted molar refractivity (Wildman–Crippen MR) is 75.7 cm³/mol. The summed E-state index contributed by atoms with van der Waals surface area (Å²) >= 11 is 1.62. The standard InChI is InChI=1S/C13H17N3O2S/c1-9(17)6-10-7-18-4-3-16(10)12-11-2-5-19-13(11)15-8-14-12/h2,5,8-10,17H,3-4,6-7H2,1H3. The molecule has 0 aromatic carbocycles. The zero-order chi connectivity index (χ0) is 13.2. The lowest BCUT2D eigenvalue weighted by Crippen LogP contribution is -2.47. The molecule has 0 radical (unpaired) electrons. The van der Waals surface area contributed by atoms with Crippen molar-refractivity contribution in [1.29, 1.82) is 0 Å². The third-order valence-electron chi connectivity index (χ3n) is 3.35. The highest BCUT2D eigenvalue weighted by Crippen LogP contribution is 2.29. The molecule has 3 rings (SSSR count). The summed E-state index contributed by atoms with van der Waals surface area (Å²) in [5.41, 5.74) is 0. The van der Waals surface area contributed by atoms with Crippen molar-refractivity contribution < 1.29 is 9.84 Å². The van der Waals surface area contributed by atoms with Crippen molar-refractivity contribution in [2.75, 3.05) is 24.7 Å². The van der Waals surface area contributed by atoms with E-state index in [1.165, 1.54) is 0 Å². The smallest absolute Gasteiger partial charge is 0.141 e. The number of aromatic nitrogens is 2. The topological polar surface area (TPSA) is 58.5 Å². The van der Waals surface area contributed by atoms with Crippen LogP contribution in [0, 0.1) is 0 Å². The van der Waals surface area contributed by atoms with Gasteiger partial charge < -0.3 is 14.7 Å². The van der Waals surface area contributed by atoms with Crippen LogP contribution in [0.25, 0.3) is 10.2 Å². The summed E-state index contributed by atoms with van der Waals surface area (Å²) in [6, 6.07) is 2.23. The second-order valence-corrected chi connectivity index (χ2v) is 5.74. The van der Waals surface area contributed by atoms with Crippen molar-refractivity contribution >= 4 is 27.4 Å². The van der Waals surface area contributed by atoms with Gasteiger partial charge in [0.15, 0.2) is 0 Å². The quantitative estimate of drug-likeness (QED) is 0.926. The van der Waals surface area contributed by atoms with Crippen molar-refractivity contribution in [3.8, 4) is 0 Å². The number of nitrogens with zero attached hydrogens (tertiary/aromatic N) is 3. The lowest BCUT2D eigenvalue weighted by atomic mass is 10.1. The maximum absolute atomic E-state index is 9.63. The summed E-state index contributed by atoms with van der Waals surface area (Å²) in [5.74, 6) is 0.959. The number of fused-ring (bicyclic) bond motifs is 1. The average molecular weight is 279 g/mol. The van der Waals surface area contributed by atoms with Gasteiger partial charge >= 0.3 is 0 Å². The van der Waals surface area contributed by atoms with E-state index < -0.39 is 0 Å². The Labute approximate surface area is 115 Å². The monoisotopic (exact) mass is 279 g/mol. The fraction of sp³-hybridized carbons (Fsp3) is 0.538. The van der Waals surface area contributed by atoms with Gasteiger partial charge in [-0.3, -0.25) is 0 Å². The molecule has 102 valence electrons.